The average molecular weight is 236 g/mol. The summed E-state index contributed by atoms with van der Waals surface area (Å²) >= 11 is 0. The van der Waals surface area contributed by atoms with Gasteiger partial charge in [-0.1, -0.05) is 6.08 Å². The Labute approximate surface area is 102 Å². The van der Waals surface area contributed by atoms with Crippen molar-refractivity contribution in [3.05, 3.63) is 22.8 Å². The number of amides is 1. The number of rotatable bonds is 3. The number of carbonyl (C=O) groups excluding carboxylic acids is 1. The highest BCUT2D eigenvalue weighted by Gasteiger charge is 2.22. The second kappa shape index (κ2) is 5.47. The van der Waals surface area contributed by atoms with Gasteiger partial charge in [0, 0.05) is 38.9 Å². The summed E-state index contributed by atoms with van der Waals surface area (Å²) in [4.78, 5) is 14.1. The number of nitrogens with zero attached hydrogens (tertiary/aromatic N) is 1. The maximum absolute atomic E-state index is 12.2. The Hall–Kier alpha value is -1.13. The van der Waals surface area contributed by atoms with Crippen molar-refractivity contribution in [2.45, 2.75) is 13.3 Å². The van der Waals surface area contributed by atoms with Crippen LogP contribution < -0.4 is 5.32 Å². The molecule has 1 saturated heterocycles. The summed E-state index contributed by atoms with van der Waals surface area (Å²) in [6.45, 7) is 5.90. The van der Waals surface area contributed by atoms with Gasteiger partial charge in [0.05, 0.1) is 6.61 Å². The number of methoxy groups -OCH3 is 1. The first kappa shape index (κ1) is 12.3. The van der Waals surface area contributed by atoms with E-state index in [1.807, 2.05) is 11.8 Å². The Bertz CT molecular complexity index is 366. The van der Waals surface area contributed by atoms with Crippen LogP contribution >= 0.6 is 0 Å². The fourth-order valence-corrected chi connectivity index (χ4v) is 2.12. The van der Waals surface area contributed by atoms with Crippen LogP contribution in [0.3, 0.4) is 0 Å². The van der Waals surface area contributed by atoms with Gasteiger partial charge in [0.15, 0.2) is 0 Å². The summed E-state index contributed by atoms with van der Waals surface area (Å²) in [7, 11) is 1.70. The van der Waals surface area contributed by atoms with Crippen molar-refractivity contribution >= 4 is 5.91 Å². The molecule has 1 amide bonds. The molecule has 0 spiro atoms. The molecule has 2 rings (SSSR count). The van der Waals surface area contributed by atoms with E-state index in [1.165, 1.54) is 11.1 Å². The summed E-state index contributed by atoms with van der Waals surface area (Å²) in [5.41, 5.74) is 3.47. The predicted molar refractivity (Wildman–Crippen MR) is 66.7 cm³/mol. The highest BCUT2D eigenvalue weighted by Crippen LogP contribution is 2.16. The van der Waals surface area contributed by atoms with E-state index < -0.39 is 0 Å². The van der Waals surface area contributed by atoms with E-state index in [9.17, 15) is 4.79 Å². The number of nitrogens with one attached hydrogen (secondary N) is 1. The van der Waals surface area contributed by atoms with Crippen molar-refractivity contribution in [1.29, 1.82) is 0 Å². The third-order valence-electron chi connectivity index (χ3n) is 3.45. The minimum absolute atomic E-state index is 0.189. The van der Waals surface area contributed by atoms with Crippen molar-refractivity contribution < 1.29 is 9.53 Å². The second-order valence-corrected chi connectivity index (χ2v) is 4.63. The van der Waals surface area contributed by atoms with Gasteiger partial charge in [-0.05, 0) is 24.5 Å². The van der Waals surface area contributed by atoms with Crippen LogP contribution in [-0.4, -0.2) is 50.7 Å². The third kappa shape index (κ3) is 2.76. The smallest absolute Gasteiger partial charge is 0.249 e. The van der Waals surface area contributed by atoms with Crippen LogP contribution in [-0.2, 0) is 9.53 Å². The lowest BCUT2D eigenvalue weighted by molar-refractivity contribution is -0.126. The first-order valence-corrected chi connectivity index (χ1v) is 6.08. The number of hydrogen-bond donors (Lipinski definition) is 1. The molecule has 2 heterocycles. The van der Waals surface area contributed by atoms with E-state index in [2.05, 4.69) is 11.4 Å². The first-order valence-electron chi connectivity index (χ1n) is 6.08. The van der Waals surface area contributed by atoms with Gasteiger partial charge in [-0.25, -0.2) is 0 Å². The summed E-state index contributed by atoms with van der Waals surface area (Å²) in [6, 6.07) is 0. The van der Waals surface area contributed by atoms with Crippen LogP contribution in [0.2, 0.25) is 0 Å². The molecule has 1 N–H and O–H groups in total. The van der Waals surface area contributed by atoms with Crippen LogP contribution in [0.25, 0.3) is 0 Å². The van der Waals surface area contributed by atoms with Gasteiger partial charge in [0.1, 0.15) is 0 Å². The first-order chi connectivity index (χ1) is 8.22. The van der Waals surface area contributed by atoms with Crippen molar-refractivity contribution in [2.75, 3.05) is 39.9 Å². The molecular formula is C13H20N2O2. The normalized spacial score (nSPS) is 19.8. The molecule has 0 aromatic rings. The molecule has 0 aromatic carbocycles. The monoisotopic (exact) mass is 236 g/mol. The largest absolute Gasteiger partial charge is 0.380 e. The fraction of sp³-hybridized carbons (Fsp3) is 0.615. The summed E-state index contributed by atoms with van der Waals surface area (Å²) in [6.07, 6.45) is 3.04. The highest BCUT2D eigenvalue weighted by molar-refractivity contribution is 5.94. The standard InChI is InChI=1S/C13H20N2O2/c1-10(12-7-14-8-12)13(16)15-5-3-11(4-6-15)9-17-2/h3,14H,4-9H2,1-2H3. The van der Waals surface area contributed by atoms with Gasteiger partial charge in [0.25, 0.3) is 0 Å². The summed E-state index contributed by atoms with van der Waals surface area (Å²) in [5.74, 6) is 0.189. The molecule has 2 aliphatic rings. The lowest BCUT2D eigenvalue weighted by Crippen LogP contribution is -2.40. The van der Waals surface area contributed by atoms with Crippen LogP contribution in [0, 0.1) is 0 Å². The van der Waals surface area contributed by atoms with Gasteiger partial charge in [0.2, 0.25) is 5.91 Å². The molecule has 0 aromatic heterocycles. The third-order valence-corrected chi connectivity index (χ3v) is 3.45. The van der Waals surface area contributed by atoms with Gasteiger partial charge in [-0.3, -0.25) is 4.79 Å². The molecule has 4 heteroatoms. The van der Waals surface area contributed by atoms with Gasteiger partial charge < -0.3 is 15.0 Å². The van der Waals surface area contributed by atoms with Crippen molar-refractivity contribution in [3.63, 3.8) is 0 Å². The minimum Gasteiger partial charge on any atom is -0.380 e. The predicted octanol–water partition coefficient (Wildman–Crippen LogP) is 0.711. The van der Waals surface area contributed by atoms with Crippen molar-refractivity contribution in [3.8, 4) is 0 Å². The molecular weight excluding hydrogens is 216 g/mol. The van der Waals surface area contributed by atoms with Crippen LogP contribution in [0.4, 0.5) is 0 Å². The fourth-order valence-electron chi connectivity index (χ4n) is 2.12. The number of ether oxygens (including phenoxy) is 1. The lowest BCUT2D eigenvalue weighted by atomic mass is 10.0. The topological polar surface area (TPSA) is 41.6 Å². The van der Waals surface area contributed by atoms with E-state index in [0.717, 1.165) is 38.2 Å². The van der Waals surface area contributed by atoms with Crippen LogP contribution in [0.15, 0.2) is 22.8 Å². The molecule has 17 heavy (non-hydrogen) atoms. The van der Waals surface area contributed by atoms with E-state index in [1.54, 1.807) is 7.11 Å². The Morgan fingerprint density at radius 1 is 1.53 bits per heavy atom. The van der Waals surface area contributed by atoms with E-state index in [-0.39, 0.29) is 5.91 Å². The van der Waals surface area contributed by atoms with E-state index >= 15 is 0 Å². The Morgan fingerprint density at radius 2 is 2.29 bits per heavy atom. The average Bonchev–Trinajstić information content (AvgIpc) is 2.27. The molecule has 0 unspecified atom stereocenters. The Morgan fingerprint density at radius 3 is 2.76 bits per heavy atom. The Kier molecular flexibility index (Phi) is 3.97. The van der Waals surface area contributed by atoms with Gasteiger partial charge in [-0.15, -0.1) is 0 Å². The molecule has 94 valence electrons. The zero-order chi connectivity index (χ0) is 12.3. The molecule has 4 nitrogen and oxygen atoms in total. The molecule has 2 aliphatic heterocycles. The highest BCUT2D eigenvalue weighted by atomic mass is 16.5. The maximum atomic E-state index is 12.2. The lowest BCUT2D eigenvalue weighted by Gasteiger charge is -2.29. The zero-order valence-corrected chi connectivity index (χ0v) is 10.6. The van der Waals surface area contributed by atoms with Gasteiger partial charge >= 0.3 is 0 Å². The van der Waals surface area contributed by atoms with Crippen molar-refractivity contribution in [1.82, 2.24) is 10.2 Å². The van der Waals surface area contributed by atoms with E-state index in [4.69, 9.17) is 4.74 Å². The zero-order valence-electron chi connectivity index (χ0n) is 10.6. The quantitative estimate of drug-likeness (QED) is 0.579. The second-order valence-electron chi connectivity index (χ2n) is 4.63. The summed E-state index contributed by atoms with van der Waals surface area (Å²) < 4.78 is 5.10. The SMILES string of the molecule is COCC1=CCN(C(=O)C(C)=C2CNC2)CC1. The molecule has 0 aliphatic carbocycles. The number of carbonyl (C=O) groups is 1. The molecule has 0 atom stereocenters. The summed E-state index contributed by atoms with van der Waals surface area (Å²) in [5, 5.41) is 3.17. The van der Waals surface area contributed by atoms with E-state index in [0.29, 0.717) is 6.61 Å². The van der Waals surface area contributed by atoms with Crippen LogP contribution in [0.5, 0.6) is 0 Å². The number of hydrogen-bond acceptors (Lipinski definition) is 3. The molecule has 0 saturated carbocycles. The molecule has 0 bridgehead atoms. The maximum Gasteiger partial charge on any atom is 0.249 e. The van der Waals surface area contributed by atoms with Crippen LogP contribution in [0.1, 0.15) is 13.3 Å². The molecule has 1 fully saturated rings. The van der Waals surface area contributed by atoms with Crippen molar-refractivity contribution in [2.24, 2.45) is 0 Å². The molecule has 0 radical (unpaired) electrons. The minimum atomic E-state index is 0.189. The van der Waals surface area contributed by atoms with Gasteiger partial charge in [-0.2, -0.15) is 0 Å². The Balaban J connectivity index is 1.94.